The second-order valence-electron chi connectivity index (χ2n) is 6.08. The lowest BCUT2D eigenvalue weighted by molar-refractivity contribution is -0.143. The molecule has 2 amide bonds. The molecule has 25 heavy (non-hydrogen) atoms. The molecule has 1 aliphatic rings. The largest absolute Gasteiger partial charge is 0.497 e. The lowest BCUT2D eigenvalue weighted by Crippen LogP contribution is -2.39. The van der Waals surface area contributed by atoms with E-state index in [1.165, 1.54) is 0 Å². The summed E-state index contributed by atoms with van der Waals surface area (Å²) in [5, 5.41) is 2.66. The summed E-state index contributed by atoms with van der Waals surface area (Å²) in [5.41, 5.74) is 2.40. The van der Waals surface area contributed by atoms with Crippen LogP contribution in [-0.2, 0) is 9.59 Å². The van der Waals surface area contributed by atoms with Crippen LogP contribution in [0.5, 0.6) is 5.75 Å². The molecule has 130 valence electrons. The fourth-order valence-corrected chi connectivity index (χ4v) is 3.11. The van der Waals surface area contributed by atoms with E-state index in [9.17, 15) is 9.59 Å². The lowest BCUT2D eigenvalue weighted by Gasteiger charge is -2.25. The van der Waals surface area contributed by atoms with E-state index >= 15 is 0 Å². The minimum Gasteiger partial charge on any atom is -0.497 e. The monoisotopic (exact) mass is 339 g/mol. The SMILES string of the molecule is COc1cccc([C@@H]2CCCN2C(=O)C(=O)Nc2cnccc2C)c1. The summed E-state index contributed by atoms with van der Waals surface area (Å²) in [6.45, 7) is 2.43. The zero-order valence-electron chi connectivity index (χ0n) is 14.4. The van der Waals surface area contributed by atoms with E-state index in [1.54, 1.807) is 30.5 Å². The first-order chi connectivity index (χ1) is 12.1. The maximum atomic E-state index is 12.7. The number of nitrogens with one attached hydrogen (secondary N) is 1. The molecule has 0 aliphatic carbocycles. The molecule has 0 spiro atoms. The van der Waals surface area contributed by atoms with Crippen LogP contribution in [0.3, 0.4) is 0 Å². The van der Waals surface area contributed by atoms with Crippen molar-refractivity contribution in [2.75, 3.05) is 19.0 Å². The van der Waals surface area contributed by atoms with Gasteiger partial charge in [0.1, 0.15) is 5.75 Å². The Morgan fingerprint density at radius 3 is 2.92 bits per heavy atom. The predicted octanol–water partition coefficient (Wildman–Crippen LogP) is 2.70. The summed E-state index contributed by atoms with van der Waals surface area (Å²) in [7, 11) is 1.61. The quantitative estimate of drug-likeness (QED) is 0.873. The number of ether oxygens (including phenoxy) is 1. The van der Waals surface area contributed by atoms with Gasteiger partial charge in [-0.3, -0.25) is 14.6 Å². The van der Waals surface area contributed by atoms with Gasteiger partial charge in [0.2, 0.25) is 0 Å². The molecule has 1 atom stereocenters. The number of amides is 2. The summed E-state index contributed by atoms with van der Waals surface area (Å²) >= 11 is 0. The molecule has 1 saturated heterocycles. The van der Waals surface area contributed by atoms with Gasteiger partial charge in [-0.1, -0.05) is 12.1 Å². The van der Waals surface area contributed by atoms with E-state index in [2.05, 4.69) is 10.3 Å². The summed E-state index contributed by atoms with van der Waals surface area (Å²) in [5.74, 6) is -0.410. The first-order valence-corrected chi connectivity index (χ1v) is 8.26. The average Bonchev–Trinajstić information content (AvgIpc) is 3.12. The van der Waals surface area contributed by atoms with Gasteiger partial charge in [0.05, 0.1) is 25.0 Å². The van der Waals surface area contributed by atoms with Gasteiger partial charge in [0.15, 0.2) is 0 Å². The van der Waals surface area contributed by atoms with Gasteiger partial charge in [-0.2, -0.15) is 0 Å². The smallest absolute Gasteiger partial charge is 0.313 e. The summed E-state index contributed by atoms with van der Waals surface area (Å²) in [6.07, 6.45) is 4.89. The summed E-state index contributed by atoms with van der Waals surface area (Å²) in [6, 6.07) is 9.32. The standard InChI is InChI=1S/C19H21N3O3/c1-13-8-9-20-12-16(13)21-18(23)19(24)22-10-4-7-17(22)14-5-3-6-15(11-14)25-2/h3,5-6,8-9,11-12,17H,4,7,10H2,1-2H3,(H,21,23)/t17-/m0/s1. The number of likely N-dealkylation sites (tertiary alicyclic amines) is 1. The minimum absolute atomic E-state index is 0.108. The molecule has 3 rings (SSSR count). The van der Waals surface area contributed by atoms with Crippen LogP contribution >= 0.6 is 0 Å². The van der Waals surface area contributed by atoms with Crippen molar-refractivity contribution < 1.29 is 14.3 Å². The highest BCUT2D eigenvalue weighted by atomic mass is 16.5. The van der Waals surface area contributed by atoms with Gasteiger partial charge >= 0.3 is 11.8 Å². The molecule has 0 radical (unpaired) electrons. The molecular weight excluding hydrogens is 318 g/mol. The average molecular weight is 339 g/mol. The molecule has 1 aromatic heterocycles. The summed E-state index contributed by atoms with van der Waals surface area (Å²) in [4.78, 5) is 30.7. The number of methoxy groups -OCH3 is 1. The Morgan fingerprint density at radius 2 is 2.16 bits per heavy atom. The Balaban J connectivity index is 1.76. The fraction of sp³-hybridized carbons (Fsp3) is 0.316. The van der Waals surface area contributed by atoms with Crippen molar-refractivity contribution in [1.82, 2.24) is 9.88 Å². The molecule has 6 heteroatoms. The Morgan fingerprint density at radius 1 is 1.32 bits per heavy atom. The van der Waals surface area contributed by atoms with Gasteiger partial charge in [0, 0.05) is 12.7 Å². The number of aryl methyl sites for hydroxylation is 1. The number of pyridine rings is 1. The number of aromatic nitrogens is 1. The third-order valence-corrected chi connectivity index (χ3v) is 4.47. The van der Waals surface area contributed by atoms with Crippen LogP contribution < -0.4 is 10.1 Å². The molecule has 1 fully saturated rings. The normalized spacial score (nSPS) is 16.6. The Bertz CT molecular complexity index is 791. The van der Waals surface area contributed by atoms with Crippen molar-refractivity contribution in [3.05, 3.63) is 53.9 Å². The van der Waals surface area contributed by atoms with E-state index in [0.29, 0.717) is 12.2 Å². The molecule has 1 aromatic carbocycles. The fourth-order valence-electron chi connectivity index (χ4n) is 3.11. The van der Waals surface area contributed by atoms with Crippen molar-refractivity contribution in [2.24, 2.45) is 0 Å². The van der Waals surface area contributed by atoms with Crippen molar-refractivity contribution in [3.8, 4) is 5.75 Å². The number of rotatable bonds is 3. The highest BCUT2D eigenvalue weighted by Crippen LogP contribution is 2.33. The van der Waals surface area contributed by atoms with Gasteiger partial charge in [-0.25, -0.2) is 0 Å². The van der Waals surface area contributed by atoms with Gasteiger partial charge in [-0.15, -0.1) is 0 Å². The maximum Gasteiger partial charge on any atom is 0.313 e. The third kappa shape index (κ3) is 3.63. The second kappa shape index (κ2) is 7.34. The Labute approximate surface area is 146 Å². The molecule has 0 saturated carbocycles. The number of anilines is 1. The highest BCUT2D eigenvalue weighted by molar-refractivity contribution is 6.39. The summed E-state index contributed by atoms with van der Waals surface area (Å²) < 4.78 is 5.26. The zero-order chi connectivity index (χ0) is 17.8. The van der Waals surface area contributed by atoms with Crippen LogP contribution in [-0.4, -0.2) is 35.4 Å². The molecule has 0 bridgehead atoms. The van der Waals surface area contributed by atoms with E-state index < -0.39 is 11.8 Å². The maximum absolute atomic E-state index is 12.7. The Hall–Kier alpha value is -2.89. The van der Waals surface area contributed by atoms with Crippen molar-refractivity contribution >= 4 is 17.5 Å². The van der Waals surface area contributed by atoms with Gasteiger partial charge in [0.25, 0.3) is 0 Å². The molecule has 1 aliphatic heterocycles. The van der Waals surface area contributed by atoms with Crippen molar-refractivity contribution in [1.29, 1.82) is 0 Å². The first kappa shape index (κ1) is 17.0. The van der Waals surface area contributed by atoms with Crippen molar-refractivity contribution in [2.45, 2.75) is 25.8 Å². The van der Waals surface area contributed by atoms with Crippen LogP contribution in [0, 0.1) is 6.92 Å². The predicted molar refractivity (Wildman–Crippen MR) is 94.3 cm³/mol. The first-order valence-electron chi connectivity index (χ1n) is 8.26. The third-order valence-electron chi connectivity index (χ3n) is 4.47. The number of nitrogens with zero attached hydrogens (tertiary/aromatic N) is 2. The number of hydrogen-bond donors (Lipinski definition) is 1. The van der Waals surface area contributed by atoms with Crippen LogP contribution in [0.1, 0.15) is 30.0 Å². The van der Waals surface area contributed by atoms with E-state index in [4.69, 9.17) is 4.74 Å². The van der Waals surface area contributed by atoms with E-state index in [-0.39, 0.29) is 6.04 Å². The molecule has 6 nitrogen and oxygen atoms in total. The number of carbonyl (C=O) groups excluding carboxylic acids is 2. The molecule has 2 heterocycles. The van der Waals surface area contributed by atoms with Gasteiger partial charge < -0.3 is 15.0 Å². The minimum atomic E-state index is -0.633. The topological polar surface area (TPSA) is 71.5 Å². The van der Waals surface area contributed by atoms with Crippen LogP contribution in [0.15, 0.2) is 42.7 Å². The molecule has 0 unspecified atom stereocenters. The molecule has 2 aromatic rings. The second-order valence-corrected chi connectivity index (χ2v) is 6.08. The van der Waals surface area contributed by atoms with Crippen LogP contribution in [0.25, 0.3) is 0 Å². The highest BCUT2D eigenvalue weighted by Gasteiger charge is 2.33. The van der Waals surface area contributed by atoms with Crippen LogP contribution in [0.4, 0.5) is 5.69 Å². The van der Waals surface area contributed by atoms with E-state index in [1.807, 2.05) is 31.2 Å². The lowest BCUT2D eigenvalue weighted by atomic mass is 10.0. The Kier molecular flexibility index (Phi) is 4.97. The van der Waals surface area contributed by atoms with Crippen LogP contribution in [0.2, 0.25) is 0 Å². The van der Waals surface area contributed by atoms with Gasteiger partial charge in [-0.05, 0) is 49.1 Å². The number of carbonyl (C=O) groups is 2. The van der Waals surface area contributed by atoms with E-state index in [0.717, 1.165) is 29.7 Å². The zero-order valence-corrected chi connectivity index (χ0v) is 14.4. The van der Waals surface area contributed by atoms with Crippen molar-refractivity contribution in [3.63, 3.8) is 0 Å². The number of benzene rings is 1. The molecular formula is C19H21N3O3. The number of hydrogen-bond acceptors (Lipinski definition) is 4. The molecule has 1 N–H and O–H groups in total.